The Balaban J connectivity index is 2.19. The van der Waals surface area contributed by atoms with Crippen LogP contribution in [-0.2, 0) is 20.6 Å². The Morgan fingerprint density at radius 3 is 2.46 bits per heavy atom. The molecule has 8 heteroatoms. The summed E-state index contributed by atoms with van der Waals surface area (Å²) in [5.41, 5.74) is 2.11. The summed E-state index contributed by atoms with van der Waals surface area (Å²) in [4.78, 5) is 29.4. The van der Waals surface area contributed by atoms with E-state index in [-0.39, 0.29) is 12.2 Å². The van der Waals surface area contributed by atoms with E-state index < -0.39 is 5.69 Å². The predicted octanol–water partition coefficient (Wildman–Crippen LogP) is 0.585. The summed E-state index contributed by atoms with van der Waals surface area (Å²) < 4.78 is 4.26. The van der Waals surface area contributed by atoms with Gasteiger partial charge in [-0.25, -0.2) is 4.79 Å². The highest BCUT2D eigenvalue weighted by molar-refractivity contribution is 5.74. The van der Waals surface area contributed by atoms with E-state index in [2.05, 4.69) is 10.3 Å². The molecule has 0 aliphatic rings. The lowest BCUT2D eigenvalue weighted by atomic mass is 10.1. The van der Waals surface area contributed by atoms with Gasteiger partial charge in [-0.1, -0.05) is 29.8 Å². The van der Waals surface area contributed by atoms with Gasteiger partial charge in [-0.3, -0.25) is 18.5 Å². The Morgan fingerprint density at radius 1 is 1.12 bits per heavy atom. The fourth-order valence-electron chi connectivity index (χ4n) is 2.89. The van der Waals surface area contributed by atoms with Crippen LogP contribution in [0.5, 0.6) is 0 Å². The maximum absolute atomic E-state index is 12.7. The molecule has 0 bridgehead atoms. The highest BCUT2D eigenvalue weighted by Crippen LogP contribution is 2.18. The summed E-state index contributed by atoms with van der Waals surface area (Å²) in [6, 6.07) is 8.04. The summed E-state index contributed by atoms with van der Waals surface area (Å²) in [7, 11) is 3.07. The number of benzene rings is 1. The van der Waals surface area contributed by atoms with Crippen LogP contribution in [0, 0.1) is 6.92 Å². The van der Waals surface area contributed by atoms with Crippen molar-refractivity contribution in [3.63, 3.8) is 0 Å². The van der Waals surface area contributed by atoms with Gasteiger partial charge >= 0.3 is 5.69 Å². The molecule has 3 aromatic rings. The third-order valence-electron chi connectivity index (χ3n) is 4.43. The lowest BCUT2D eigenvalue weighted by molar-refractivity contribution is 0.292. The average Bonchev–Trinajstić information content (AvgIpc) is 2.99. The molecule has 26 heavy (non-hydrogen) atoms. The van der Waals surface area contributed by atoms with Crippen molar-refractivity contribution in [1.29, 1.82) is 0 Å². The van der Waals surface area contributed by atoms with Crippen LogP contribution in [0.2, 0.25) is 0 Å². The number of nitrogens with one attached hydrogen (secondary N) is 1. The summed E-state index contributed by atoms with van der Waals surface area (Å²) in [6.45, 7) is 3.04. The Labute approximate surface area is 150 Å². The molecule has 1 aromatic carbocycles. The normalized spacial score (nSPS) is 11.2. The summed E-state index contributed by atoms with van der Waals surface area (Å²) >= 11 is 0. The first kappa shape index (κ1) is 17.9. The van der Waals surface area contributed by atoms with E-state index in [9.17, 15) is 9.59 Å². The maximum atomic E-state index is 12.7. The van der Waals surface area contributed by atoms with E-state index in [4.69, 9.17) is 5.11 Å². The fourth-order valence-corrected chi connectivity index (χ4v) is 2.89. The third kappa shape index (κ3) is 3.15. The molecule has 0 aliphatic heterocycles. The second kappa shape index (κ2) is 7.17. The van der Waals surface area contributed by atoms with Gasteiger partial charge in [0.25, 0.3) is 5.56 Å². The van der Waals surface area contributed by atoms with E-state index in [0.717, 1.165) is 15.7 Å². The molecule has 8 nitrogen and oxygen atoms in total. The summed E-state index contributed by atoms with van der Waals surface area (Å²) in [5.74, 6) is 0.507. The van der Waals surface area contributed by atoms with Crippen molar-refractivity contribution in [1.82, 2.24) is 18.7 Å². The molecule has 2 aromatic heterocycles. The van der Waals surface area contributed by atoms with Gasteiger partial charge in [-0.2, -0.15) is 4.98 Å². The molecular weight excluding hydrogens is 334 g/mol. The summed E-state index contributed by atoms with van der Waals surface area (Å²) in [6.07, 6.45) is 0.560. The number of imidazole rings is 1. The largest absolute Gasteiger partial charge is 0.396 e. The van der Waals surface area contributed by atoms with Crippen LogP contribution in [0.4, 0.5) is 5.95 Å². The number of aliphatic hydroxyl groups is 1. The second-order valence-corrected chi connectivity index (χ2v) is 6.39. The minimum atomic E-state index is -0.413. The number of aryl methyl sites for hydroxylation is 2. The highest BCUT2D eigenvalue weighted by atomic mass is 16.3. The number of anilines is 1. The van der Waals surface area contributed by atoms with Crippen molar-refractivity contribution < 1.29 is 5.11 Å². The molecule has 0 unspecified atom stereocenters. The van der Waals surface area contributed by atoms with Gasteiger partial charge in [0, 0.05) is 27.2 Å². The number of nitrogens with zero attached hydrogens (tertiary/aromatic N) is 4. The number of rotatable bonds is 6. The van der Waals surface area contributed by atoms with Crippen molar-refractivity contribution in [3.05, 3.63) is 56.2 Å². The van der Waals surface area contributed by atoms with Crippen molar-refractivity contribution in [2.75, 3.05) is 18.5 Å². The maximum Gasteiger partial charge on any atom is 0.332 e. The van der Waals surface area contributed by atoms with Gasteiger partial charge in [0.15, 0.2) is 11.2 Å². The van der Waals surface area contributed by atoms with Gasteiger partial charge in [0.1, 0.15) is 0 Å². The standard InChI is InChI=1S/C18H23N5O3/c1-12-5-7-13(8-6-12)11-23-14-15(20-17(23)19-9-4-10-24)21(2)18(26)22(3)16(14)25/h5-8,24H,4,9-11H2,1-3H3,(H,19,20). The molecule has 0 radical (unpaired) electrons. The van der Waals surface area contributed by atoms with Gasteiger partial charge in [0.2, 0.25) is 5.95 Å². The number of aromatic nitrogens is 4. The molecule has 0 spiro atoms. The van der Waals surface area contributed by atoms with Crippen LogP contribution in [0.3, 0.4) is 0 Å². The molecule has 0 amide bonds. The second-order valence-electron chi connectivity index (χ2n) is 6.39. The van der Waals surface area contributed by atoms with E-state index in [0.29, 0.717) is 36.6 Å². The zero-order valence-electron chi connectivity index (χ0n) is 15.2. The van der Waals surface area contributed by atoms with Crippen LogP contribution in [0.1, 0.15) is 17.5 Å². The topological polar surface area (TPSA) is 94.1 Å². The van der Waals surface area contributed by atoms with Gasteiger partial charge in [-0.05, 0) is 18.9 Å². The van der Waals surface area contributed by atoms with Crippen molar-refractivity contribution in [2.24, 2.45) is 14.1 Å². The molecule has 2 heterocycles. The first-order valence-corrected chi connectivity index (χ1v) is 8.50. The minimum Gasteiger partial charge on any atom is -0.396 e. The molecular formula is C18H23N5O3. The van der Waals surface area contributed by atoms with Gasteiger partial charge < -0.3 is 10.4 Å². The van der Waals surface area contributed by atoms with E-state index in [1.807, 2.05) is 31.2 Å². The van der Waals surface area contributed by atoms with Crippen molar-refractivity contribution in [3.8, 4) is 0 Å². The Bertz CT molecular complexity index is 1040. The van der Waals surface area contributed by atoms with E-state index in [1.165, 1.54) is 11.6 Å². The monoisotopic (exact) mass is 357 g/mol. The number of fused-ring (bicyclic) bond motifs is 1. The number of hydrogen-bond acceptors (Lipinski definition) is 5. The van der Waals surface area contributed by atoms with Gasteiger partial charge in [-0.15, -0.1) is 0 Å². The zero-order valence-corrected chi connectivity index (χ0v) is 15.2. The molecule has 0 fully saturated rings. The van der Waals surface area contributed by atoms with Crippen LogP contribution >= 0.6 is 0 Å². The van der Waals surface area contributed by atoms with Gasteiger partial charge in [0.05, 0.1) is 6.54 Å². The molecule has 0 saturated carbocycles. The first-order chi connectivity index (χ1) is 12.4. The lowest BCUT2D eigenvalue weighted by Gasteiger charge is -2.11. The smallest absolute Gasteiger partial charge is 0.332 e. The van der Waals surface area contributed by atoms with Crippen LogP contribution in [0.25, 0.3) is 11.2 Å². The Hall–Kier alpha value is -2.87. The zero-order chi connectivity index (χ0) is 18.8. The minimum absolute atomic E-state index is 0.0610. The van der Waals surface area contributed by atoms with Crippen LogP contribution < -0.4 is 16.6 Å². The molecule has 138 valence electrons. The SMILES string of the molecule is Cc1ccc(Cn2c(NCCCO)nc3c2c(=O)n(C)c(=O)n3C)cc1. The van der Waals surface area contributed by atoms with E-state index >= 15 is 0 Å². The third-order valence-corrected chi connectivity index (χ3v) is 4.43. The van der Waals surface area contributed by atoms with Crippen molar-refractivity contribution >= 4 is 17.1 Å². The molecule has 0 atom stereocenters. The first-order valence-electron chi connectivity index (χ1n) is 8.50. The molecule has 2 N–H and O–H groups in total. The predicted molar refractivity (Wildman–Crippen MR) is 101 cm³/mol. The van der Waals surface area contributed by atoms with E-state index in [1.54, 1.807) is 11.6 Å². The Morgan fingerprint density at radius 2 is 1.81 bits per heavy atom. The van der Waals surface area contributed by atoms with Crippen molar-refractivity contribution in [2.45, 2.75) is 19.9 Å². The Kier molecular flexibility index (Phi) is 4.94. The fraction of sp³-hybridized carbons (Fsp3) is 0.389. The quantitative estimate of drug-likeness (QED) is 0.630. The summed E-state index contributed by atoms with van der Waals surface area (Å²) in [5, 5.41) is 12.2. The van der Waals surface area contributed by atoms with Crippen LogP contribution in [0.15, 0.2) is 33.9 Å². The molecule has 0 aliphatic carbocycles. The molecule has 3 rings (SSSR count). The number of aliphatic hydroxyl groups excluding tert-OH is 1. The lowest BCUT2D eigenvalue weighted by Crippen LogP contribution is -2.37. The highest BCUT2D eigenvalue weighted by Gasteiger charge is 2.19. The number of hydrogen-bond donors (Lipinski definition) is 2. The average molecular weight is 357 g/mol. The molecule has 0 saturated heterocycles. The van der Waals surface area contributed by atoms with Crippen LogP contribution in [-0.4, -0.2) is 36.9 Å².